The summed E-state index contributed by atoms with van der Waals surface area (Å²) in [5.41, 5.74) is -0.160. The van der Waals surface area contributed by atoms with E-state index in [1.54, 1.807) is 0 Å². The zero-order valence-corrected chi connectivity index (χ0v) is 11.3. The largest absolute Gasteiger partial charge is 0.402 e. The summed E-state index contributed by atoms with van der Waals surface area (Å²) in [4.78, 5) is -0.661. The number of aliphatic hydroxyl groups excluding tert-OH is 1. The van der Waals surface area contributed by atoms with Crippen LogP contribution in [0.25, 0.3) is 0 Å². The number of alkyl halides is 3. The molecule has 0 aliphatic heterocycles. The number of hydrogen-bond donors (Lipinski definition) is 1. The Bertz CT molecular complexity index is 572. The minimum atomic E-state index is -4.71. The van der Waals surface area contributed by atoms with Crippen LogP contribution in [0.1, 0.15) is 12.5 Å². The molecular weight excluding hydrogens is 302 g/mol. The van der Waals surface area contributed by atoms with Crippen LogP contribution >= 0.6 is 0 Å². The molecule has 0 amide bonds. The number of hydrogen-bond acceptors (Lipinski definition) is 3. The van der Waals surface area contributed by atoms with E-state index in [-0.39, 0.29) is 9.87 Å². The van der Waals surface area contributed by atoms with Crippen molar-refractivity contribution >= 4 is 10.0 Å². The number of nitrogens with zero attached hydrogens (tertiary/aromatic N) is 1. The van der Waals surface area contributed by atoms with Crippen LogP contribution in [0, 0.1) is 5.82 Å². The smallest absolute Gasteiger partial charge is 0.392 e. The molecule has 0 aliphatic carbocycles. The van der Waals surface area contributed by atoms with Gasteiger partial charge in [0.2, 0.25) is 10.0 Å². The Balaban J connectivity index is 3.30. The van der Waals surface area contributed by atoms with Gasteiger partial charge in [-0.25, -0.2) is 12.8 Å². The molecule has 9 heteroatoms. The van der Waals surface area contributed by atoms with Gasteiger partial charge in [0.25, 0.3) is 0 Å². The van der Waals surface area contributed by atoms with Crippen molar-refractivity contribution in [2.75, 3.05) is 13.1 Å². The predicted molar refractivity (Wildman–Crippen MR) is 62.8 cm³/mol. The topological polar surface area (TPSA) is 57.6 Å². The van der Waals surface area contributed by atoms with Crippen molar-refractivity contribution in [2.24, 2.45) is 0 Å². The van der Waals surface area contributed by atoms with E-state index in [2.05, 4.69) is 0 Å². The first-order valence-corrected chi connectivity index (χ1v) is 7.02. The van der Waals surface area contributed by atoms with Crippen molar-refractivity contribution < 1.29 is 31.1 Å². The summed E-state index contributed by atoms with van der Waals surface area (Å²) in [7, 11) is -4.54. The SMILES string of the molecule is CCN(CC(F)(F)F)S(=O)(=O)c1cc(F)ccc1CO. The second kappa shape index (κ2) is 6.06. The van der Waals surface area contributed by atoms with Crippen LogP contribution in [0.3, 0.4) is 0 Å². The van der Waals surface area contributed by atoms with E-state index in [9.17, 15) is 26.0 Å². The van der Waals surface area contributed by atoms with Crippen LogP contribution in [0.4, 0.5) is 17.6 Å². The third-order valence-corrected chi connectivity index (χ3v) is 4.53. The van der Waals surface area contributed by atoms with Gasteiger partial charge in [-0.3, -0.25) is 0 Å². The van der Waals surface area contributed by atoms with E-state index in [1.807, 2.05) is 0 Å². The maximum absolute atomic E-state index is 13.1. The molecule has 4 nitrogen and oxygen atoms in total. The molecule has 0 fully saturated rings. The van der Waals surface area contributed by atoms with Gasteiger partial charge < -0.3 is 5.11 Å². The zero-order valence-electron chi connectivity index (χ0n) is 10.5. The van der Waals surface area contributed by atoms with Gasteiger partial charge in [0.1, 0.15) is 12.4 Å². The Morgan fingerprint density at radius 2 is 1.90 bits per heavy atom. The minimum Gasteiger partial charge on any atom is -0.392 e. The first-order valence-electron chi connectivity index (χ1n) is 5.58. The van der Waals surface area contributed by atoms with E-state index in [0.29, 0.717) is 6.07 Å². The Morgan fingerprint density at radius 3 is 2.35 bits per heavy atom. The Kier molecular flexibility index (Phi) is 5.11. The predicted octanol–water partition coefficient (Wildman–Crippen LogP) is 1.89. The Labute approximate surface area is 113 Å². The number of halogens is 4. The van der Waals surface area contributed by atoms with Crippen molar-refractivity contribution in [3.63, 3.8) is 0 Å². The molecule has 0 radical (unpaired) electrons. The average molecular weight is 315 g/mol. The third-order valence-electron chi connectivity index (χ3n) is 2.53. The van der Waals surface area contributed by atoms with E-state index in [0.717, 1.165) is 12.1 Å². The number of benzene rings is 1. The third kappa shape index (κ3) is 3.90. The molecule has 0 atom stereocenters. The van der Waals surface area contributed by atoms with Gasteiger partial charge in [0.05, 0.1) is 11.5 Å². The van der Waals surface area contributed by atoms with E-state index >= 15 is 0 Å². The van der Waals surface area contributed by atoms with Gasteiger partial charge in [0, 0.05) is 6.54 Å². The fourth-order valence-electron chi connectivity index (χ4n) is 1.60. The molecule has 0 aliphatic rings. The molecule has 1 rings (SSSR count). The van der Waals surface area contributed by atoms with Crippen LogP contribution < -0.4 is 0 Å². The van der Waals surface area contributed by atoms with Crippen LogP contribution in [-0.2, 0) is 16.6 Å². The molecule has 0 spiro atoms. The normalized spacial score (nSPS) is 12.9. The molecule has 20 heavy (non-hydrogen) atoms. The van der Waals surface area contributed by atoms with Gasteiger partial charge in [-0.05, 0) is 17.7 Å². The Hall–Kier alpha value is -1.19. The fourth-order valence-corrected chi connectivity index (χ4v) is 3.26. The first kappa shape index (κ1) is 16.9. The lowest BCUT2D eigenvalue weighted by Crippen LogP contribution is -2.39. The summed E-state index contributed by atoms with van der Waals surface area (Å²) < 4.78 is 74.7. The summed E-state index contributed by atoms with van der Waals surface area (Å²) in [6.45, 7) is -1.59. The average Bonchev–Trinajstić information content (AvgIpc) is 2.34. The van der Waals surface area contributed by atoms with Crippen LogP contribution in [0.15, 0.2) is 23.1 Å². The van der Waals surface area contributed by atoms with Crippen molar-refractivity contribution in [3.8, 4) is 0 Å². The fraction of sp³-hybridized carbons (Fsp3) is 0.455. The summed E-state index contributed by atoms with van der Waals surface area (Å²) in [5, 5.41) is 9.03. The van der Waals surface area contributed by atoms with Gasteiger partial charge in [-0.15, -0.1) is 0 Å². The molecule has 114 valence electrons. The molecule has 0 aromatic heterocycles. The molecule has 1 aromatic carbocycles. The lowest BCUT2D eigenvalue weighted by atomic mass is 10.2. The Morgan fingerprint density at radius 1 is 1.30 bits per heavy atom. The second-order valence-electron chi connectivity index (χ2n) is 3.96. The minimum absolute atomic E-state index is 0.160. The summed E-state index contributed by atoms with van der Waals surface area (Å²) >= 11 is 0. The second-order valence-corrected chi connectivity index (χ2v) is 5.86. The van der Waals surface area contributed by atoms with Crippen molar-refractivity contribution in [1.29, 1.82) is 0 Å². The molecular formula is C11H13F4NO3S. The first-order chi connectivity index (χ1) is 9.11. The van der Waals surface area contributed by atoms with Crippen molar-refractivity contribution in [1.82, 2.24) is 4.31 Å². The quantitative estimate of drug-likeness (QED) is 0.844. The maximum Gasteiger partial charge on any atom is 0.402 e. The summed E-state index contributed by atoms with van der Waals surface area (Å²) in [5.74, 6) is -0.913. The highest BCUT2D eigenvalue weighted by atomic mass is 32.2. The van der Waals surface area contributed by atoms with Gasteiger partial charge in [-0.2, -0.15) is 17.5 Å². The maximum atomic E-state index is 13.1. The summed E-state index contributed by atoms with van der Waals surface area (Å²) in [6, 6.07) is 2.54. The highest BCUT2D eigenvalue weighted by molar-refractivity contribution is 7.89. The molecule has 0 bridgehead atoms. The van der Waals surface area contributed by atoms with Gasteiger partial charge in [0.15, 0.2) is 0 Å². The van der Waals surface area contributed by atoms with Crippen LogP contribution in [0.5, 0.6) is 0 Å². The lowest BCUT2D eigenvalue weighted by Gasteiger charge is -2.23. The molecule has 0 saturated carbocycles. The summed E-state index contributed by atoms with van der Waals surface area (Å²) in [6.07, 6.45) is -4.71. The number of aliphatic hydroxyl groups is 1. The van der Waals surface area contributed by atoms with Gasteiger partial charge in [-0.1, -0.05) is 13.0 Å². The molecule has 0 saturated heterocycles. The van der Waals surface area contributed by atoms with Gasteiger partial charge >= 0.3 is 6.18 Å². The molecule has 0 unspecified atom stereocenters. The number of sulfonamides is 1. The molecule has 0 heterocycles. The zero-order chi connectivity index (χ0) is 15.6. The van der Waals surface area contributed by atoms with E-state index in [1.165, 1.54) is 6.92 Å². The van der Waals surface area contributed by atoms with E-state index in [4.69, 9.17) is 5.11 Å². The van der Waals surface area contributed by atoms with Crippen molar-refractivity contribution in [3.05, 3.63) is 29.6 Å². The monoisotopic (exact) mass is 315 g/mol. The number of rotatable bonds is 5. The van der Waals surface area contributed by atoms with Crippen LogP contribution in [0.2, 0.25) is 0 Å². The molecule has 1 aromatic rings. The highest BCUT2D eigenvalue weighted by Crippen LogP contribution is 2.25. The van der Waals surface area contributed by atoms with Crippen LogP contribution in [-0.4, -0.2) is 37.1 Å². The van der Waals surface area contributed by atoms with Crippen molar-refractivity contribution in [2.45, 2.75) is 24.6 Å². The lowest BCUT2D eigenvalue weighted by molar-refractivity contribution is -0.135. The highest BCUT2D eigenvalue weighted by Gasteiger charge is 2.37. The molecule has 1 N–H and O–H groups in total. The van der Waals surface area contributed by atoms with E-state index < -0.39 is 46.6 Å². The standard InChI is InChI=1S/C11H13F4NO3S/c1-2-16(7-11(13,14)15)20(18,19)10-5-9(12)4-3-8(10)6-17/h3-5,17H,2,6-7H2,1H3.